The zero-order valence-corrected chi connectivity index (χ0v) is 15.5. The summed E-state index contributed by atoms with van der Waals surface area (Å²) in [6, 6.07) is 11.7. The van der Waals surface area contributed by atoms with Crippen LogP contribution in [0, 0.1) is 6.92 Å². The highest BCUT2D eigenvalue weighted by molar-refractivity contribution is 5.77. The Balaban J connectivity index is 1.54. The second-order valence-corrected chi connectivity index (χ2v) is 6.55. The third-order valence-electron chi connectivity index (χ3n) is 4.78. The average molecular weight is 355 g/mol. The Bertz CT molecular complexity index is 770. The maximum absolute atomic E-state index is 12.1. The highest BCUT2D eigenvalue weighted by atomic mass is 16.5. The van der Waals surface area contributed by atoms with Gasteiger partial charge in [0.1, 0.15) is 5.75 Å². The summed E-state index contributed by atoms with van der Waals surface area (Å²) in [4.78, 5) is 12.1. The number of amides is 1. The Labute approximate surface area is 154 Å². The summed E-state index contributed by atoms with van der Waals surface area (Å²) in [7, 11) is 3.28. The van der Waals surface area contributed by atoms with E-state index in [1.807, 2.05) is 43.3 Å². The van der Waals surface area contributed by atoms with E-state index in [0.717, 1.165) is 29.9 Å². The van der Waals surface area contributed by atoms with Crippen molar-refractivity contribution >= 4 is 5.91 Å². The van der Waals surface area contributed by atoms with Crippen molar-refractivity contribution in [1.29, 1.82) is 0 Å². The van der Waals surface area contributed by atoms with Gasteiger partial charge in [-0.15, -0.1) is 0 Å². The fourth-order valence-electron chi connectivity index (χ4n) is 3.30. The number of hydrogen-bond acceptors (Lipinski definition) is 4. The van der Waals surface area contributed by atoms with Crippen LogP contribution in [0.15, 0.2) is 36.4 Å². The molecule has 0 heterocycles. The quantitative estimate of drug-likeness (QED) is 0.828. The Morgan fingerprint density at radius 3 is 2.50 bits per heavy atom. The van der Waals surface area contributed by atoms with Gasteiger partial charge in [0.05, 0.1) is 14.2 Å². The first-order valence-electron chi connectivity index (χ1n) is 8.81. The second kappa shape index (κ2) is 8.13. The van der Waals surface area contributed by atoms with Crippen molar-refractivity contribution in [3.8, 4) is 17.2 Å². The van der Waals surface area contributed by atoms with Crippen LogP contribution in [0.4, 0.5) is 0 Å². The zero-order valence-electron chi connectivity index (χ0n) is 15.5. The number of nitrogens with one attached hydrogen (secondary N) is 1. The van der Waals surface area contributed by atoms with Gasteiger partial charge < -0.3 is 19.5 Å². The number of carbonyl (C=O) groups excluding carboxylic acids is 1. The molecule has 1 amide bonds. The summed E-state index contributed by atoms with van der Waals surface area (Å²) in [6.07, 6.45) is 1.99. The van der Waals surface area contributed by atoms with Crippen molar-refractivity contribution in [1.82, 2.24) is 5.32 Å². The van der Waals surface area contributed by atoms with Gasteiger partial charge in [-0.2, -0.15) is 0 Å². The monoisotopic (exact) mass is 355 g/mol. The van der Waals surface area contributed by atoms with Crippen LogP contribution in [-0.4, -0.2) is 33.3 Å². The molecule has 0 aliphatic heterocycles. The van der Waals surface area contributed by atoms with Crippen LogP contribution >= 0.6 is 0 Å². The molecule has 2 aromatic rings. The van der Waals surface area contributed by atoms with Gasteiger partial charge >= 0.3 is 0 Å². The maximum Gasteiger partial charge on any atom is 0.257 e. The molecule has 26 heavy (non-hydrogen) atoms. The molecule has 1 aliphatic carbocycles. The van der Waals surface area contributed by atoms with E-state index in [0.29, 0.717) is 12.3 Å². The minimum Gasteiger partial charge on any atom is -0.493 e. The molecule has 0 fully saturated rings. The van der Waals surface area contributed by atoms with Crippen molar-refractivity contribution in [2.24, 2.45) is 0 Å². The third-order valence-corrected chi connectivity index (χ3v) is 4.78. The molecule has 1 N–H and O–H groups in total. The molecule has 0 radical (unpaired) electrons. The Morgan fingerprint density at radius 1 is 1.12 bits per heavy atom. The normalized spacial score (nSPS) is 15.3. The van der Waals surface area contributed by atoms with Gasteiger partial charge in [-0.05, 0) is 55.2 Å². The lowest BCUT2D eigenvalue weighted by Crippen LogP contribution is -2.32. The minimum atomic E-state index is -0.112. The molecule has 1 atom stereocenters. The van der Waals surface area contributed by atoms with Crippen molar-refractivity contribution in [2.75, 3.05) is 27.4 Å². The lowest BCUT2D eigenvalue weighted by Gasteiger charge is -2.15. The van der Waals surface area contributed by atoms with Crippen molar-refractivity contribution in [3.05, 3.63) is 53.1 Å². The van der Waals surface area contributed by atoms with Crippen LogP contribution in [0.3, 0.4) is 0 Å². The first-order valence-corrected chi connectivity index (χ1v) is 8.81. The number of hydrogen-bond donors (Lipinski definition) is 1. The van der Waals surface area contributed by atoms with Crippen LogP contribution in [-0.2, 0) is 11.2 Å². The number of benzene rings is 2. The van der Waals surface area contributed by atoms with E-state index in [9.17, 15) is 4.79 Å². The van der Waals surface area contributed by atoms with Gasteiger partial charge in [0, 0.05) is 12.5 Å². The number of ether oxygens (including phenoxy) is 3. The molecule has 3 rings (SSSR count). The Kier molecular flexibility index (Phi) is 5.66. The molecule has 0 bridgehead atoms. The lowest BCUT2D eigenvalue weighted by atomic mass is 10.0. The third kappa shape index (κ3) is 4.10. The second-order valence-electron chi connectivity index (χ2n) is 6.55. The van der Waals surface area contributed by atoms with Gasteiger partial charge in [0.15, 0.2) is 18.1 Å². The SMILES string of the molecule is COc1cc2c(cc1OC)C(CNC(=O)COc1ccc(C)cc1)CC2. The molecule has 5 heteroatoms. The van der Waals surface area contributed by atoms with Crippen LogP contribution in [0.5, 0.6) is 17.2 Å². The summed E-state index contributed by atoms with van der Waals surface area (Å²) >= 11 is 0. The summed E-state index contributed by atoms with van der Waals surface area (Å²) in [5.74, 6) is 2.36. The van der Waals surface area contributed by atoms with E-state index in [1.165, 1.54) is 11.1 Å². The standard InChI is InChI=1S/C21H25NO4/c1-14-4-8-17(9-5-14)26-13-21(23)22-12-16-7-6-15-10-19(24-2)20(25-3)11-18(15)16/h4-5,8-11,16H,6-7,12-13H2,1-3H3,(H,22,23). The molecule has 0 saturated carbocycles. The fourth-order valence-corrected chi connectivity index (χ4v) is 3.30. The van der Waals surface area contributed by atoms with E-state index < -0.39 is 0 Å². The highest BCUT2D eigenvalue weighted by Gasteiger charge is 2.25. The highest BCUT2D eigenvalue weighted by Crippen LogP contribution is 2.40. The topological polar surface area (TPSA) is 56.8 Å². The Hall–Kier alpha value is -2.69. The molecule has 2 aromatic carbocycles. The maximum atomic E-state index is 12.1. The first kappa shape index (κ1) is 18.1. The van der Waals surface area contributed by atoms with Crippen molar-refractivity contribution in [3.63, 3.8) is 0 Å². The summed E-state index contributed by atoms with van der Waals surface area (Å²) < 4.78 is 16.3. The van der Waals surface area contributed by atoms with Gasteiger partial charge in [-0.25, -0.2) is 0 Å². The van der Waals surface area contributed by atoms with Gasteiger partial charge in [-0.1, -0.05) is 17.7 Å². The summed E-state index contributed by atoms with van der Waals surface area (Å²) in [5, 5.41) is 2.98. The van der Waals surface area contributed by atoms with E-state index >= 15 is 0 Å². The molecular weight excluding hydrogens is 330 g/mol. The Morgan fingerprint density at radius 2 is 1.81 bits per heavy atom. The number of carbonyl (C=O) groups is 1. The zero-order chi connectivity index (χ0) is 18.5. The van der Waals surface area contributed by atoms with E-state index in [1.54, 1.807) is 14.2 Å². The smallest absolute Gasteiger partial charge is 0.257 e. The lowest BCUT2D eigenvalue weighted by molar-refractivity contribution is -0.123. The predicted molar refractivity (Wildman–Crippen MR) is 100 cm³/mol. The van der Waals surface area contributed by atoms with Crippen LogP contribution in [0.1, 0.15) is 29.0 Å². The molecule has 138 valence electrons. The van der Waals surface area contributed by atoms with Crippen LogP contribution < -0.4 is 19.5 Å². The summed E-state index contributed by atoms with van der Waals surface area (Å²) in [5.41, 5.74) is 3.65. The predicted octanol–water partition coefficient (Wildman–Crippen LogP) is 3.24. The number of rotatable bonds is 7. The largest absolute Gasteiger partial charge is 0.493 e. The molecule has 0 spiro atoms. The van der Waals surface area contributed by atoms with Crippen molar-refractivity contribution in [2.45, 2.75) is 25.7 Å². The molecule has 1 aliphatic rings. The molecule has 1 unspecified atom stereocenters. The molecular formula is C21H25NO4. The number of fused-ring (bicyclic) bond motifs is 1. The number of methoxy groups -OCH3 is 2. The molecule has 0 saturated heterocycles. The van der Waals surface area contributed by atoms with E-state index in [-0.39, 0.29) is 18.4 Å². The average Bonchev–Trinajstić information content (AvgIpc) is 3.06. The first-order chi connectivity index (χ1) is 12.6. The van der Waals surface area contributed by atoms with Crippen LogP contribution in [0.25, 0.3) is 0 Å². The molecule has 5 nitrogen and oxygen atoms in total. The van der Waals surface area contributed by atoms with Crippen LogP contribution in [0.2, 0.25) is 0 Å². The van der Waals surface area contributed by atoms with Gasteiger partial charge in [-0.3, -0.25) is 4.79 Å². The van der Waals surface area contributed by atoms with E-state index in [4.69, 9.17) is 14.2 Å². The van der Waals surface area contributed by atoms with Gasteiger partial charge in [0.2, 0.25) is 0 Å². The fraction of sp³-hybridized carbons (Fsp3) is 0.381. The minimum absolute atomic E-state index is 0.0224. The van der Waals surface area contributed by atoms with E-state index in [2.05, 4.69) is 5.32 Å². The van der Waals surface area contributed by atoms with Crippen molar-refractivity contribution < 1.29 is 19.0 Å². The van der Waals surface area contributed by atoms with Gasteiger partial charge in [0.25, 0.3) is 5.91 Å². The molecule has 0 aromatic heterocycles. The summed E-state index contributed by atoms with van der Waals surface area (Å²) in [6.45, 7) is 2.63. The number of aryl methyl sites for hydroxylation is 2.